The summed E-state index contributed by atoms with van der Waals surface area (Å²) in [5, 5.41) is 9.27. The lowest BCUT2D eigenvalue weighted by Crippen LogP contribution is -2.39. The number of anilines is 1. The van der Waals surface area contributed by atoms with Crippen LogP contribution < -0.4 is 10.6 Å². The van der Waals surface area contributed by atoms with E-state index in [1.54, 1.807) is 0 Å². The van der Waals surface area contributed by atoms with Gasteiger partial charge in [-0.1, -0.05) is 36.7 Å². The quantitative estimate of drug-likeness (QED) is 0.871. The molecule has 0 heterocycles. The molecule has 0 unspecified atom stereocenters. The molecule has 0 bridgehead atoms. The van der Waals surface area contributed by atoms with Gasteiger partial charge in [0, 0.05) is 17.6 Å². The molecule has 0 amide bonds. The molecule has 0 aliphatic heterocycles. The third kappa shape index (κ3) is 4.52. The molecule has 2 N–H and O–H groups in total. The maximum absolute atomic E-state index is 9.27. The van der Waals surface area contributed by atoms with Crippen LogP contribution in [0.25, 0.3) is 0 Å². The van der Waals surface area contributed by atoms with Crippen LogP contribution in [-0.4, -0.2) is 19.6 Å². The molecule has 1 rings (SSSR count). The Hall–Kier alpha value is -1.05. The lowest BCUT2D eigenvalue weighted by atomic mass is 9.92. The van der Waals surface area contributed by atoms with Gasteiger partial charge >= 0.3 is 0 Å². The highest BCUT2D eigenvalue weighted by molar-refractivity contribution is 9.10. The third-order valence-electron chi connectivity index (χ3n) is 3.09. The van der Waals surface area contributed by atoms with Gasteiger partial charge in [-0.25, -0.2) is 0 Å². The largest absolute Gasteiger partial charge is 0.370 e. The number of rotatable bonds is 6. The Morgan fingerprint density at radius 1 is 1.42 bits per heavy atom. The predicted molar refractivity (Wildman–Crippen MR) is 84.2 cm³/mol. The van der Waals surface area contributed by atoms with Crippen LogP contribution >= 0.6 is 15.9 Å². The Labute approximate surface area is 124 Å². The minimum atomic E-state index is 0.0320. The fraction of sp³-hybridized carbons (Fsp3) is 0.533. The summed E-state index contributed by atoms with van der Waals surface area (Å²) < 4.78 is 0.994. The van der Waals surface area contributed by atoms with Crippen molar-refractivity contribution in [1.29, 1.82) is 5.26 Å². The van der Waals surface area contributed by atoms with E-state index in [4.69, 9.17) is 5.73 Å². The Morgan fingerprint density at radius 2 is 2.11 bits per heavy atom. The number of halogens is 1. The lowest BCUT2D eigenvalue weighted by molar-refractivity contribution is 0.377. The summed E-state index contributed by atoms with van der Waals surface area (Å²) in [5.41, 5.74) is 7.56. The first-order valence-electron chi connectivity index (χ1n) is 6.58. The van der Waals surface area contributed by atoms with Crippen molar-refractivity contribution in [3.8, 4) is 6.07 Å². The summed E-state index contributed by atoms with van der Waals surface area (Å²) >= 11 is 3.48. The molecule has 0 aliphatic carbocycles. The van der Waals surface area contributed by atoms with Crippen LogP contribution in [0.3, 0.4) is 0 Å². The van der Waals surface area contributed by atoms with E-state index in [1.807, 2.05) is 18.2 Å². The standard InChI is InChI=1S/C15H22BrN3/c1-4-7-19(11-15(2,3)10-18)14-8-13(16)6-5-12(14)9-17/h5-6,8H,4,7,10-11,18H2,1-3H3. The summed E-state index contributed by atoms with van der Waals surface area (Å²) in [6, 6.07) is 8.05. The van der Waals surface area contributed by atoms with Crippen molar-refractivity contribution in [2.45, 2.75) is 27.2 Å². The van der Waals surface area contributed by atoms with E-state index >= 15 is 0 Å². The molecule has 0 radical (unpaired) electrons. The molecule has 0 saturated carbocycles. The van der Waals surface area contributed by atoms with Crippen LogP contribution in [0.15, 0.2) is 22.7 Å². The van der Waals surface area contributed by atoms with Gasteiger partial charge < -0.3 is 10.6 Å². The Balaban J connectivity index is 3.12. The average Bonchev–Trinajstić information content (AvgIpc) is 2.38. The van der Waals surface area contributed by atoms with Crippen molar-refractivity contribution in [2.24, 2.45) is 11.1 Å². The smallest absolute Gasteiger partial charge is 0.101 e. The lowest BCUT2D eigenvalue weighted by Gasteiger charge is -2.34. The summed E-state index contributed by atoms with van der Waals surface area (Å²) in [6.45, 7) is 8.85. The van der Waals surface area contributed by atoms with E-state index in [2.05, 4.69) is 47.7 Å². The minimum absolute atomic E-state index is 0.0320. The fourth-order valence-corrected chi connectivity index (χ4v) is 2.35. The van der Waals surface area contributed by atoms with Crippen molar-refractivity contribution in [3.63, 3.8) is 0 Å². The summed E-state index contributed by atoms with van der Waals surface area (Å²) in [6.07, 6.45) is 1.04. The van der Waals surface area contributed by atoms with E-state index in [9.17, 15) is 5.26 Å². The molecule has 0 aliphatic rings. The minimum Gasteiger partial charge on any atom is -0.370 e. The van der Waals surface area contributed by atoms with Crippen molar-refractivity contribution in [3.05, 3.63) is 28.2 Å². The first-order chi connectivity index (χ1) is 8.93. The van der Waals surface area contributed by atoms with Gasteiger partial charge in [0.2, 0.25) is 0 Å². The van der Waals surface area contributed by atoms with Gasteiger partial charge in [-0.05, 0) is 36.6 Å². The second-order valence-electron chi connectivity index (χ2n) is 5.56. The van der Waals surface area contributed by atoms with Crippen LogP contribution in [0.5, 0.6) is 0 Å². The van der Waals surface area contributed by atoms with Gasteiger partial charge in [0.05, 0.1) is 11.3 Å². The molecule has 0 spiro atoms. The monoisotopic (exact) mass is 323 g/mol. The topological polar surface area (TPSA) is 53.0 Å². The number of nitriles is 1. The average molecular weight is 324 g/mol. The zero-order valence-electron chi connectivity index (χ0n) is 11.9. The maximum atomic E-state index is 9.27. The Morgan fingerprint density at radius 3 is 2.63 bits per heavy atom. The highest BCUT2D eigenvalue weighted by Crippen LogP contribution is 2.28. The maximum Gasteiger partial charge on any atom is 0.101 e. The molecule has 0 aromatic heterocycles. The number of nitrogens with zero attached hydrogens (tertiary/aromatic N) is 2. The summed E-state index contributed by atoms with van der Waals surface area (Å²) in [7, 11) is 0. The van der Waals surface area contributed by atoms with Crippen LogP contribution in [0.1, 0.15) is 32.8 Å². The van der Waals surface area contributed by atoms with E-state index in [0.717, 1.165) is 29.7 Å². The normalized spacial score (nSPS) is 11.2. The van der Waals surface area contributed by atoms with E-state index in [1.165, 1.54) is 0 Å². The van der Waals surface area contributed by atoms with Gasteiger partial charge in [0.25, 0.3) is 0 Å². The molecule has 1 aromatic carbocycles. The number of hydrogen-bond acceptors (Lipinski definition) is 3. The van der Waals surface area contributed by atoms with E-state index < -0.39 is 0 Å². The first-order valence-corrected chi connectivity index (χ1v) is 7.37. The van der Waals surface area contributed by atoms with Crippen LogP contribution in [0.4, 0.5) is 5.69 Å². The third-order valence-corrected chi connectivity index (χ3v) is 3.58. The SMILES string of the molecule is CCCN(CC(C)(C)CN)c1cc(Br)ccc1C#N. The summed E-state index contributed by atoms with van der Waals surface area (Å²) in [4.78, 5) is 2.26. The molecular weight excluding hydrogens is 302 g/mol. The second-order valence-corrected chi connectivity index (χ2v) is 6.48. The molecule has 104 valence electrons. The number of hydrogen-bond donors (Lipinski definition) is 1. The first kappa shape index (κ1) is 16.0. The molecule has 0 saturated heterocycles. The zero-order chi connectivity index (χ0) is 14.5. The highest BCUT2D eigenvalue weighted by Gasteiger charge is 2.21. The molecule has 0 atom stereocenters. The predicted octanol–water partition coefficient (Wildman–Crippen LogP) is 3.52. The van der Waals surface area contributed by atoms with Crippen LogP contribution in [-0.2, 0) is 0 Å². The number of benzene rings is 1. The second kappa shape index (κ2) is 6.93. The van der Waals surface area contributed by atoms with Gasteiger partial charge in [0.15, 0.2) is 0 Å². The molecule has 19 heavy (non-hydrogen) atoms. The highest BCUT2D eigenvalue weighted by atomic mass is 79.9. The fourth-order valence-electron chi connectivity index (χ4n) is 2.00. The molecule has 3 nitrogen and oxygen atoms in total. The van der Waals surface area contributed by atoms with Crippen LogP contribution in [0.2, 0.25) is 0 Å². The van der Waals surface area contributed by atoms with Crippen molar-refractivity contribution < 1.29 is 0 Å². The van der Waals surface area contributed by atoms with Gasteiger partial charge in [-0.15, -0.1) is 0 Å². The van der Waals surface area contributed by atoms with Crippen LogP contribution in [0, 0.1) is 16.7 Å². The Bertz CT molecular complexity index is 463. The van der Waals surface area contributed by atoms with Crippen molar-refractivity contribution in [2.75, 3.05) is 24.5 Å². The molecule has 0 fully saturated rings. The Kier molecular flexibility index (Phi) is 5.84. The van der Waals surface area contributed by atoms with E-state index in [-0.39, 0.29) is 5.41 Å². The zero-order valence-corrected chi connectivity index (χ0v) is 13.5. The van der Waals surface area contributed by atoms with Gasteiger partial charge in [-0.2, -0.15) is 5.26 Å². The summed E-state index contributed by atoms with van der Waals surface area (Å²) in [5.74, 6) is 0. The van der Waals surface area contributed by atoms with Crippen molar-refractivity contribution in [1.82, 2.24) is 0 Å². The van der Waals surface area contributed by atoms with Crippen molar-refractivity contribution >= 4 is 21.6 Å². The van der Waals surface area contributed by atoms with Gasteiger partial charge in [0.1, 0.15) is 6.07 Å². The number of nitrogens with two attached hydrogens (primary N) is 1. The molecule has 1 aromatic rings. The molecular formula is C15H22BrN3. The van der Waals surface area contributed by atoms with Gasteiger partial charge in [-0.3, -0.25) is 0 Å². The van der Waals surface area contributed by atoms with E-state index in [0.29, 0.717) is 12.1 Å². The molecule has 4 heteroatoms.